The van der Waals surface area contributed by atoms with Gasteiger partial charge in [0, 0.05) is 0 Å². The van der Waals surface area contributed by atoms with Crippen molar-refractivity contribution in [3.63, 3.8) is 0 Å². The largest absolute Gasteiger partial charge is 0.497 e. The number of nitrogens with zero attached hydrogens (tertiary/aromatic N) is 3. The van der Waals surface area contributed by atoms with E-state index in [1.54, 1.807) is 25.3 Å². The van der Waals surface area contributed by atoms with Crippen LogP contribution in [0.4, 0.5) is 8.78 Å². The third-order valence-corrected chi connectivity index (χ3v) is 6.52. The third-order valence-electron chi connectivity index (χ3n) is 4.45. The van der Waals surface area contributed by atoms with Crippen LogP contribution in [0.3, 0.4) is 0 Å². The van der Waals surface area contributed by atoms with Crippen LogP contribution in [0.2, 0.25) is 0 Å². The van der Waals surface area contributed by atoms with E-state index in [-0.39, 0.29) is 4.90 Å². The predicted octanol–water partition coefficient (Wildman–Crippen LogP) is 3.81. The molecule has 0 radical (unpaired) electrons. The Kier molecular flexibility index (Phi) is 4.68. The Morgan fingerprint density at radius 3 is 2.48 bits per heavy atom. The predicted molar refractivity (Wildman–Crippen MR) is 104 cm³/mol. The number of hydrogen-bond donors (Lipinski definition) is 1. The lowest BCUT2D eigenvalue weighted by molar-refractivity contribution is 0.188. The van der Waals surface area contributed by atoms with Gasteiger partial charge in [-0.3, -0.25) is 0 Å². The summed E-state index contributed by atoms with van der Waals surface area (Å²) in [5.41, 5.74) is -0.771. The van der Waals surface area contributed by atoms with Gasteiger partial charge in [-0.2, -0.15) is 10.2 Å². The highest BCUT2D eigenvalue weighted by Gasteiger charge is 2.41. The number of allylic oxidation sites excluding steroid dienone is 1. The fourth-order valence-electron chi connectivity index (χ4n) is 2.98. The zero-order valence-electron chi connectivity index (χ0n) is 14.9. The van der Waals surface area contributed by atoms with Crippen molar-refractivity contribution in [3.8, 4) is 5.75 Å². The highest BCUT2D eigenvalue weighted by Crippen LogP contribution is 2.45. The number of ether oxygens (including phenoxy) is 1. The standard InChI is InChI=1S/C18H14F2N4O3S2/c1-27-11-4-7-13-15(8-11)28-17(22-13)18(9-14(16(19)20)23-24-18)10-2-5-12(6-3-10)29(21,25)26/h2-9,16H,1H3,(H2,21,25,26). The molecule has 2 aromatic carbocycles. The highest BCUT2D eigenvalue weighted by molar-refractivity contribution is 7.89. The van der Waals surface area contributed by atoms with E-state index in [1.807, 2.05) is 0 Å². The van der Waals surface area contributed by atoms with Gasteiger partial charge < -0.3 is 4.74 Å². The van der Waals surface area contributed by atoms with Crippen molar-refractivity contribution < 1.29 is 21.9 Å². The Balaban J connectivity index is 1.90. The lowest BCUT2D eigenvalue weighted by atomic mass is 9.91. The SMILES string of the molecule is COc1ccc2nc(C3(c4ccc(S(N)(=O)=O)cc4)C=C(C(F)F)N=N3)sc2c1. The number of halogens is 2. The van der Waals surface area contributed by atoms with Crippen LogP contribution >= 0.6 is 11.3 Å². The topological polar surface area (TPSA) is 107 Å². The first kappa shape index (κ1) is 19.6. The molecule has 11 heteroatoms. The molecule has 3 aromatic rings. The maximum absolute atomic E-state index is 13.3. The number of aromatic nitrogens is 1. The average molecular weight is 436 g/mol. The van der Waals surface area contributed by atoms with Gasteiger partial charge >= 0.3 is 0 Å². The highest BCUT2D eigenvalue weighted by atomic mass is 32.2. The van der Waals surface area contributed by atoms with Gasteiger partial charge in [-0.25, -0.2) is 27.3 Å². The van der Waals surface area contributed by atoms with Crippen molar-refractivity contribution in [1.29, 1.82) is 0 Å². The second kappa shape index (κ2) is 6.94. The minimum Gasteiger partial charge on any atom is -0.497 e. The number of benzene rings is 2. The lowest BCUT2D eigenvalue weighted by Gasteiger charge is -2.20. The van der Waals surface area contributed by atoms with Crippen molar-refractivity contribution in [2.75, 3.05) is 7.11 Å². The van der Waals surface area contributed by atoms with Crippen LogP contribution in [0.15, 0.2) is 69.4 Å². The molecule has 0 fully saturated rings. The summed E-state index contributed by atoms with van der Waals surface area (Å²) in [5, 5.41) is 13.3. The van der Waals surface area contributed by atoms with E-state index in [0.29, 0.717) is 21.8 Å². The van der Waals surface area contributed by atoms with Gasteiger partial charge in [0.15, 0.2) is 5.54 Å². The minimum atomic E-state index is -3.90. The summed E-state index contributed by atoms with van der Waals surface area (Å²) in [7, 11) is -2.35. The molecule has 7 nitrogen and oxygen atoms in total. The average Bonchev–Trinajstić information content (AvgIpc) is 3.32. The zero-order valence-corrected chi connectivity index (χ0v) is 16.5. The molecule has 4 rings (SSSR count). The van der Waals surface area contributed by atoms with Crippen LogP contribution in [0.25, 0.3) is 10.2 Å². The van der Waals surface area contributed by atoms with Crippen molar-refractivity contribution in [2.24, 2.45) is 15.4 Å². The number of methoxy groups -OCH3 is 1. The molecule has 2 N–H and O–H groups in total. The number of sulfonamides is 1. The first-order valence-corrected chi connectivity index (χ1v) is 10.6. The van der Waals surface area contributed by atoms with Crippen LogP contribution in [0.1, 0.15) is 10.6 Å². The van der Waals surface area contributed by atoms with Gasteiger partial charge in [-0.1, -0.05) is 12.1 Å². The molecule has 0 aliphatic carbocycles. The molecule has 0 saturated heterocycles. The first-order valence-electron chi connectivity index (χ1n) is 8.25. The van der Waals surface area contributed by atoms with E-state index in [9.17, 15) is 17.2 Å². The number of primary sulfonamides is 1. The summed E-state index contributed by atoms with van der Waals surface area (Å²) in [6, 6.07) is 10.8. The minimum absolute atomic E-state index is 0.0987. The number of hydrogen-bond acceptors (Lipinski definition) is 7. The number of alkyl halides is 2. The number of fused-ring (bicyclic) bond motifs is 1. The molecule has 1 atom stereocenters. The fourth-order valence-corrected chi connectivity index (χ4v) is 4.61. The summed E-state index contributed by atoms with van der Waals surface area (Å²) >= 11 is 1.26. The van der Waals surface area contributed by atoms with Crippen LogP contribution in [-0.4, -0.2) is 26.9 Å². The maximum atomic E-state index is 13.3. The van der Waals surface area contributed by atoms with E-state index in [2.05, 4.69) is 15.2 Å². The lowest BCUT2D eigenvalue weighted by Crippen LogP contribution is -2.21. The Labute approximate surface area is 168 Å². The quantitative estimate of drug-likeness (QED) is 0.656. The van der Waals surface area contributed by atoms with E-state index in [0.717, 1.165) is 4.70 Å². The van der Waals surface area contributed by atoms with Gasteiger partial charge in [0.1, 0.15) is 16.5 Å². The maximum Gasteiger partial charge on any atom is 0.281 e. The molecule has 1 aliphatic rings. The fraction of sp³-hybridized carbons (Fsp3) is 0.167. The zero-order chi connectivity index (χ0) is 20.8. The Morgan fingerprint density at radius 1 is 1.17 bits per heavy atom. The first-order chi connectivity index (χ1) is 13.7. The van der Waals surface area contributed by atoms with Crippen LogP contribution in [0, 0.1) is 0 Å². The van der Waals surface area contributed by atoms with E-state index in [1.165, 1.54) is 41.7 Å². The number of thiazole rings is 1. The molecule has 0 amide bonds. The normalized spacial score (nSPS) is 19.1. The van der Waals surface area contributed by atoms with Gasteiger partial charge in [0.25, 0.3) is 6.43 Å². The van der Waals surface area contributed by atoms with Gasteiger partial charge in [0.2, 0.25) is 10.0 Å². The Morgan fingerprint density at radius 2 is 1.90 bits per heavy atom. The van der Waals surface area contributed by atoms with Crippen LogP contribution in [-0.2, 0) is 15.6 Å². The molecule has 29 heavy (non-hydrogen) atoms. The van der Waals surface area contributed by atoms with Crippen molar-refractivity contribution in [3.05, 3.63) is 64.8 Å². The summed E-state index contributed by atoms with van der Waals surface area (Å²) < 4.78 is 55.7. The summed E-state index contributed by atoms with van der Waals surface area (Å²) in [4.78, 5) is 4.46. The van der Waals surface area contributed by atoms with Gasteiger partial charge in [0.05, 0.1) is 22.2 Å². The van der Waals surface area contributed by atoms with Crippen LogP contribution < -0.4 is 9.88 Å². The molecule has 2 heterocycles. The summed E-state index contributed by atoms with van der Waals surface area (Å²) in [6.07, 6.45) is -1.56. The summed E-state index contributed by atoms with van der Waals surface area (Å²) in [6.45, 7) is 0. The molecule has 0 spiro atoms. The van der Waals surface area contributed by atoms with Crippen molar-refractivity contribution in [1.82, 2.24) is 4.98 Å². The smallest absolute Gasteiger partial charge is 0.281 e. The molecular weight excluding hydrogens is 422 g/mol. The molecule has 0 saturated carbocycles. The Hall–Kier alpha value is -2.76. The monoisotopic (exact) mass is 436 g/mol. The number of rotatable bonds is 5. The van der Waals surface area contributed by atoms with Gasteiger partial charge in [-0.15, -0.1) is 11.3 Å². The summed E-state index contributed by atoms with van der Waals surface area (Å²) in [5.74, 6) is 0.635. The molecule has 0 bridgehead atoms. The molecule has 1 aromatic heterocycles. The van der Waals surface area contributed by atoms with Crippen molar-refractivity contribution >= 4 is 31.6 Å². The van der Waals surface area contributed by atoms with Crippen LogP contribution in [0.5, 0.6) is 5.75 Å². The molecular formula is C18H14F2N4O3S2. The van der Waals surface area contributed by atoms with E-state index in [4.69, 9.17) is 9.88 Å². The second-order valence-electron chi connectivity index (χ2n) is 6.26. The molecule has 150 valence electrons. The van der Waals surface area contributed by atoms with Crippen molar-refractivity contribution in [2.45, 2.75) is 16.9 Å². The molecule has 1 aliphatic heterocycles. The van der Waals surface area contributed by atoms with Gasteiger partial charge in [-0.05, 0) is 42.0 Å². The number of nitrogens with two attached hydrogens (primary N) is 1. The molecule has 1 unspecified atom stereocenters. The second-order valence-corrected chi connectivity index (χ2v) is 8.85. The number of azo groups is 1. The van der Waals surface area contributed by atoms with E-state index < -0.39 is 27.7 Å². The van der Waals surface area contributed by atoms with E-state index >= 15 is 0 Å². The third kappa shape index (κ3) is 3.41. The Bertz CT molecular complexity index is 1250.